The van der Waals surface area contributed by atoms with Crippen LogP contribution in [-0.2, 0) is 16.1 Å². The maximum absolute atomic E-state index is 16.0. The summed E-state index contributed by atoms with van der Waals surface area (Å²) in [5.74, 6) is 0.442. The van der Waals surface area contributed by atoms with Crippen LogP contribution in [0.4, 0.5) is 4.39 Å². The average molecular weight is 425 g/mol. The Balaban J connectivity index is 1.69. The SMILES string of the molecule is Cc1cc(-c2ccc(C3C[C@@H](C)O[C@@H](C)C3)c(F)c2CNC(=O)CC2CC2)cc(C)n1. The lowest BCUT2D eigenvalue weighted by atomic mass is 9.83. The van der Waals surface area contributed by atoms with Crippen molar-refractivity contribution in [1.82, 2.24) is 10.3 Å². The van der Waals surface area contributed by atoms with E-state index >= 15 is 4.39 Å². The molecule has 1 aromatic carbocycles. The van der Waals surface area contributed by atoms with E-state index in [1.807, 2.05) is 38.1 Å². The van der Waals surface area contributed by atoms with Gasteiger partial charge in [-0.25, -0.2) is 4.39 Å². The Bertz CT molecular complexity index is 940. The summed E-state index contributed by atoms with van der Waals surface area (Å²) in [7, 11) is 0. The van der Waals surface area contributed by atoms with Crippen molar-refractivity contribution in [3.63, 3.8) is 0 Å². The van der Waals surface area contributed by atoms with Gasteiger partial charge in [0.25, 0.3) is 0 Å². The maximum Gasteiger partial charge on any atom is 0.220 e. The van der Waals surface area contributed by atoms with Gasteiger partial charge in [-0.2, -0.15) is 0 Å². The van der Waals surface area contributed by atoms with Crippen LogP contribution in [0.2, 0.25) is 0 Å². The Morgan fingerprint density at radius 2 is 1.77 bits per heavy atom. The Kier molecular flexibility index (Phi) is 6.42. The number of carbonyl (C=O) groups is 1. The van der Waals surface area contributed by atoms with Crippen molar-refractivity contribution < 1.29 is 13.9 Å². The number of halogens is 1. The molecule has 2 heterocycles. The summed E-state index contributed by atoms with van der Waals surface area (Å²) in [6, 6.07) is 7.91. The van der Waals surface area contributed by atoms with Crippen molar-refractivity contribution in [2.24, 2.45) is 5.92 Å². The minimum Gasteiger partial charge on any atom is -0.376 e. The quantitative estimate of drug-likeness (QED) is 0.657. The van der Waals surface area contributed by atoms with Gasteiger partial charge in [-0.15, -0.1) is 0 Å². The molecule has 1 saturated heterocycles. The molecule has 3 atom stereocenters. The highest BCUT2D eigenvalue weighted by atomic mass is 19.1. The first-order valence-corrected chi connectivity index (χ1v) is 11.5. The topological polar surface area (TPSA) is 51.2 Å². The first-order valence-electron chi connectivity index (χ1n) is 11.5. The van der Waals surface area contributed by atoms with Crippen molar-refractivity contribution in [2.75, 3.05) is 0 Å². The molecule has 4 nitrogen and oxygen atoms in total. The van der Waals surface area contributed by atoms with Crippen LogP contribution in [0.25, 0.3) is 11.1 Å². The summed E-state index contributed by atoms with van der Waals surface area (Å²) in [6.45, 7) is 8.20. The first-order chi connectivity index (χ1) is 14.8. The van der Waals surface area contributed by atoms with E-state index in [9.17, 15) is 4.79 Å². The first kappa shape index (κ1) is 21.9. The van der Waals surface area contributed by atoms with Gasteiger partial charge >= 0.3 is 0 Å². The summed E-state index contributed by atoms with van der Waals surface area (Å²) in [5.41, 5.74) is 4.87. The van der Waals surface area contributed by atoms with Crippen molar-refractivity contribution in [3.05, 3.63) is 52.6 Å². The fourth-order valence-corrected chi connectivity index (χ4v) is 4.89. The van der Waals surface area contributed by atoms with Gasteiger partial charge in [0, 0.05) is 29.9 Å². The van der Waals surface area contributed by atoms with Crippen LogP contribution < -0.4 is 5.32 Å². The molecule has 1 unspecified atom stereocenters. The molecule has 2 aromatic rings. The molecule has 0 radical (unpaired) electrons. The van der Waals surface area contributed by atoms with E-state index in [0.717, 1.165) is 53.8 Å². The van der Waals surface area contributed by atoms with Crippen LogP contribution in [0.1, 0.15) is 74.4 Å². The van der Waals surface area contributed by atoms with E-state index in [0.29, 0.717) is 17.9 Å². The average Bonchev–Trinajstić information content (AvgIpc) is 3.49. The standard InChI is InChI=1S/C26H33FN2O2/c1-15-9-20(10-16(2)29-15)22-7-8-23(21-11-17(3)31-18(4)12-21)26(27)24(22)14-28-25(30)13-19-5-6-19/h7-10,17-19,21H,5-6,11-14H2,1-4H3,(H,28,30)/t17-,18+,21?. The third kappa shape index (κ3) is 5.32. The molecule has 1 aliphatic heterocycles. The number of ether oxygens (including phenoxy) is 1. The molecule has 0 bridgehead atoms. The van der Waals surface area contributed by atoms with Crippen LogP contribution in [0, 0.1) is 25.6 Å². The lowest BCUT2D eigenvalue weighted by Crippen LogP contribution is -2.29. The third-order valence-electron chi connectivity index (χ3n) is 6.44. The summed E-state index contributed by atoms with van der Waals surface area (Å²) >= 11 is 0. The van der Waals surface area contributed by atoms with E-state index < -0.39 is 0 Å². The minimum absolute atomic E-state index is 0.00801. The van der Waals surface area contributed by atoms with E-state index in [-0.39, 0.29) is 36.4 Å². The Morgan fingerprint density at radius 3 is 2.39 bits per heavy atom. The van der Waals surface area contributed by atoms with Crippen molar-refractivity contribution in [3.8, 4) is 11.1 Å². The molecular formula is C26H33FN2O2. The Morgan fingerprint density at radius 1 is 1.13 bits per heavy atom. The summed E-state index contributed by atoms with van der Waals surface area (Å²) in [5, 5.41) is 2.98. The molecule has 1 amide bonds. The number of pyridine rings is 1. The van der Waals surface area contributed by atoms with Crippen molar-refractivity contribution >= 4 is 5.91 Å². The number of hydrogen-bond donors (Lipinski definition) is 1. The van der Waals surface area contributed by atoms with Crippen molar-refractivity contribution in [2.45, 2.75) is 84.5 Å². The number of amides is 1. The second kappa shape index (κ2) is 9.07. The molecule has 1 N–H and O–H groups in total. The second-order valence-corrected chi connectivity index (χ2v) is 9.48. The lowest BCUT2D eigenvalue weighted by molar-refractivity contribution is -0.121. The highest BCUT2D eigenvalue weighted by molar-refractivity contribution is 5.77. The van der Waals surface area contributed by atoms with E-state index in [1.54, 1.807) is 0 Å². The van der Waals surface area contributed by atoms with Crippen molar-refractivity contribution in [1.29, 1.82) is 0 Å². The van der Waals surface area contributed by atoms with Gasteiger partial charge in [0.2, 0.25) is 5.91 Å². The summed E-state index contributed by atoms with van der Waals surface area (Å²) in [4.78, 5) is 16.8. The highest BCUT2D eigenvalue weighted by Gasteiger charge is 2.29. The zero-order valence-corrected chi connectivity index (χ0v) is 19.0. The molecule has 1 aromatic heterocycles. The molecule has 1 saturated carbocycles. The number of aryl methyl sites for hydroxylation is 2. The highest BCUT2D eigenvalue weighted by Crippen LogP contribution is 2.38. The number of rotatable bonds is 6. The predicted molar refractivity (Wildman–Crippen MR) is 120 cm³/mol. The zero-order chi connectivity index (χ0) is 22.1. The van der Waals surface area contributed by atoms with E-state index in [2.05, 4.69) is 24.1 Å². The molecule has 31 heavy (non-hydrogen) atoms. The fraction of sp³-hybridized carbons (Fsp3) is 0.538. The number of nitrogens with one attached hydrogen (secondary N) is 1. The van der Waals surface area contributed by atoms with Gasteiger partial charge in [0.05, 0.1) is 12.2 Å². The zero-order valence-electron chi connectivity index (χ0n) is 19.0. The smallest absolute Gasteiger partial charge is 0.220 e. The van der Waals surface area contributed by atoms with Crippen LogP contribution in [0.15, 0.2) is 24.3 Å². The van der Waals surface area contributed by atoms with Gasteiger partial charge in [-0.1, -0.05) is 12.1 Å². The molecule has 0 spiro atoms. The van der Waals surface area contributed by atoms with Crippen LogP contribution >= 0.6 is 0 Å². The normalized spacial score (nSPS) is 23.6. The number of aromatic nitrogens is 1. The fourth-order valence-electron chi connectivity index (χ4n) is 4.89. The maximum atomic E-state index is 16.0. The lowest BCUT2D eigenvalue weighted by Gasteiger charge is -2.33. The monoisotopic (exact) mass is 424 g/mol. The minimum atomic E-state index is -0.192. The third-order valence-corrected chi connectivity index (χ3v) is 6.44. The van der Waals surface area contributed by atoms with Gasteiger partial charge in [-0.3, -0.25) is 9.78 Å². The summed E-state index contributed by atoms with van der Waals surface area (Å²) < 4.78 is 21.8. The number of nitrogens with zero attached hydrogens (tertiary/aromatic N) is 1. The molecule has 2 aliphatic rings. The molecular weight excluding hydrogens is 391 g/mol. The molecule has 166 valence electrons. The van der Waals surface area contributed by atoms with Gasteiger partial charge in [-0.05, 0) is 94.0 Å². The molecule has 2 fully saturated rings. The Labute approximate surface area is 184 Å². The van der Waals surface area contributed by atoms with E-state index in [1.165, 1.54) is 0 Å². The summed E-state index contributed by atoms with van der Waals surface area (Å²) in [6.07, 6.45) is 4.62. The molecule has 1 aliphatic carbocycles. The number of hydrogen-bond acceptors (Lipinski definition) is 3. The molecule has 5 heteroatoms. The number of benzene rings is 1. The van der Waals surface area contributed by atoms with Crippen LogP contribution in [0.5, 0.6) is 0 Å². The number of carbonyl (C=O) groups excluding carboxylic acids is 1. The van der Waals surface area contributed by atoms with E-state index in [4.69, 9.17) is 4.74 Å². The second-order valence-electron chi connectivity index (χ2n) is 9.48. The van der Waals surface area contributed by atoms with Crippen LogP contribution in [0.3, 0.4) is 0 Å². The van der Waals surface area contributed by atoms with Gasteiger partial charge < -0.3 is 10.1 Å². The Hall–Kier alpha value is -2.27. The largest absolute Gasteiger partial charge is 0.376 e. The predicted octanol–water partition coefficient (Wildman–Crippen LogP) is 5.59. The van der Waals surface area contributed by atoms with Gasteiger partial charge in [0.15, 0.2) is 0 Å². The van der Waals surface area contributed by atoms with Gasteiger partial charge in [0.1, 0.15) is 5.82 Å². The van der Waals surface area contributed by atoms with Crippen LogP contribution in [-0.4, -0.2) is 23.1 Å². The molecule has 4 rings (SSSR count).